The van der Waals surface area contributed by atoms with Crippen LogP contribution in [0.15, 0.2) is 68.7 Å². The summed E-state index contributed by atoms with van der Waals surface area (Å²) in [5, 5.41) is 39.3. The molecule has 12 nitrogen and oxygen atoms in total. The molecule has 0 atom stereocenters. The third kappa shape index (κ3) is 5.68. The van der Waals surface area contributed by atoms with Crippen LogP contribution in [0.4, 0.5) is 10.1 Å². The zero-order valence-electron chi connectivity index (χ0n) is 24.7. The van der Waals surface area contributed by atoms with Gasteiger partial charge in [0.25, 0.3) is 0 Å². The Hall–Kier alpha value is -5.56. The summed E-state index contributed by atoms with van der Waals surface area (Å²) in [6.45, 7) is 5.20. The van der Waals surface area contributed by atoms with Crippen molar-refractivity contribution in [2.75, 3.05) is 44.2 Å². The number of nitrogens with zero attached hydrogens (tertiary/aromatic N) is 3. The molecule has 0 aliphatic carbocycles. The molecule has 6 rings (SSSR count). The van der Waals surface area contributed by atoms with E-state index in [-0.39, 0.29) is 51.7 Å². The molecule has 0 unspecified atom stereocenters. The highest BCUT2D eigenvalue weighted by Gasteiger charge is 2.23. The van der Waals surface area contributed by atoms with Gasteiger partial charge in [0.15, 0.2) is 16.9 Å². The van der Waals surface area contributed by atoms with Gasteiger partial charge >= 0.3 is 5.97 Å². The maximum atomic E-state index is 15.2. The monoisotopic (exact) mass is 631 g/mol. The third-order valence-electron chi connectivity index (χ3n) is 8.15. The highest BCUT2D eigenvalue weighted by Crippen LogP contribution is 2.34. The minimum atomic E-state index is -1.36. The molecule has 0 spiro atoms. The van der Waals surface area contributed by atoms with Crippen molar-refractivity contribution in [2.24, 2.45) is 0 Å². The van der Waals surface area contributed by atoms with E-state index in [4.69, 9.17) is 9.15 Å². The molecule has 0 saturated carbocycles. The number of piperazine rings is 1. The molecule has 3 aromatic carbocycles. The third-order valence-corrected chi connectivity index (χ3v) is 8.15. The zero-order valence-corrected chi connectivity index (χ0v) is 24.7. The number of ether oxygens (including phenoxy) is 1. The number of aromatic carboxylic acids is 1. The van der Waals surface area contributed by atoms with Crippen molar-refractivity contribution in [1.82, 2.24) is 9.47 Å². The van der Waals surface area contributed by atoms with Gasteiger partial charge < -0.3 is 39.0 Å². The second-order valence-corrected chi connectivity index (χ2v) is 11.0. The van der Waals surface area contributed by atoms with Gasteiger partial charge in [0, 0.05) is 74.6 Å². The molecule has 4 N–H and O–H groups in total. The van der Waals surface area contributed by atoms with E-state index in [1.807, 2.05) is 11.8 Å². The van der Waals surface area contributed by atoms with Crippen molar-refractivity contribution in [1.29, 1.82) is 0 Å². The van der Waals surface area contributed by atoms with E-state index in [2.05, 4.69) is 4.90 Å². The first kappa shape index (κ1) is 30.5. The van der Waals surface area contributed by atoms with Crippen LogP contribution in [0.3, 0.4) is 0 Å². The Labute approximate surface area is 260 Å². The summed E-state index contributed by atoms with van der Waals surface area (Å²) >= 11 is 0. The van der Waals surface area contributed by atoms with Crippen molar-refractivity contribution in [3.63, 3.8) is 0 Å². The largest absolute Gasteiger partial charge is 0.507 e. The Bertz CT molecular complexity index is 2120. The number of benzene rings is 3. The quantitative estimate of drug-likeness (QED) is 0.183. The number of carboxylic acids is 1. The molecular formula is C33H30FN3O9. The molecule has 0 bridgehead atoms. The molecule has 3 heterocycles. The van der Waals surface area contributed by atoms with Gasteiger partial charge in [-0.3, -0.25) is 14.5 Å². The molecular weight excluding hydrogens is 601 g/mol. The number of aryl methyl sites for hydroxylation is 1. The number of fused-ring (bicyclic) bond motifs is 2. The average Bonchev–Trinajstić information content (AvgIpc) is 3.02. The van der Waals surface area contributed by atoms with Crippen molar-refractivity contribution < 1.29 is 38.8 Å². The molecule has 13 heteroatoms. The van der Waals surface area contributed by atoms with E-state index in [0.29, 0.717) is 56.0 Å². The van der Waals surface area contributed by atoms with E-state index < -0.39 is 28.2 Å². The zero-order chi connectivity index (χ0) is 32.7. The summed E-state index contributed by atoms with van der Waals surface area (Å²) in [5.41, 5.74) is -0.367. The summed E-state index contributed by atoms with van der Waals surface area (Å²) in [7, 11) is 0. The van der Waals surface area contributed by atoms with Crippen LogP contribution in [0, 0.1) is 5.82 Å². The first-order chi connectivity index (χ1) is 22.0. The average molecular weight is 632 g/mol. The number of hydrogen-bond donors (Lipinski definition) is 4. The van der Waals surface area contributed by atoms with E-state index in [1.54, 1.807) is 10.6 Å². The number of rotatable bonds is 8. The van der Waals surface area contributed by atoms with Gasteiger partial charge in [-0.15, -0.1) is 0 Å². The molecule has 46 heavy (non-hydrogen) atoms. The highest BCUT2D eigenvalue weighted by molar-refractivity contribution is 5.93. The van der Waals surface area contributed by atoms with Crippen LogP contribution >= 0.6 is 0 Å². The Morgan fingerprint density at radius 2 is 1.72 bits per heavy atom. The second kappa shape index (κ2) is 12.1. The number of pyridine rings is 1. The maximum absolute atomic E-state index is 15.2. The van der Waals surface area contributed by atoms with Crippen molar-refractivity contribution in [3.05, 3.63) is 86.6 Å². The minimum Gasteiger partial charge on any atom is -0.507 e. The fourth-order valence-electron chi connectivity index (χ4n) is 5.71. The van der Waals surface area contributed by atoms with Gasteiger partial charge in [-0.1, -0.05) is 0 Å². The van der Waals surface area contributed by atoms with Gasteiger partial charge in [-0.2, -0.15) is 0 Å². The van der Waals surface area contributed by atoms with Crippen LogP contribution in [-0.2, 0) is 6.54 Å². The topological polar surface area (TPSA) is 166 Å². The number of hydrogen-bond acceptors (Lipinski definition) is 10. The first-order valence-corrected chi connectivity index (χ1v) is 14.6. The predicted octanol–water partition coefficient (Wildman–Crippen LogP) is 3.95. The molecule has 5 aromatic rings. The Kier molecular flexibility index (Phi) is 8.00. The van der Waals surface area contributed by atoms with Crippen LogP contribution in [-0.4, -0.2) is 75.2 Å². The van der Waals surface area contributed by atoms with Gasteiger partial charge in [-0.25, -0.2) is 9.18 Å². The standard InChI is InChI=1S/C33H30FN3O9/c1-2-36-17-21(33(43)44)32(42)20-14-22(34)24(15-23(20)36)37-7-5-35(6-8-37)9-10-45-19-12-27(40)31-28(41)16-29(46-30(31)13-19)18-3-4-25(38)26(39)11-18/h3-4,11-17,38-40H,2,5-10H2,1H3,(H,43,44). The number of carboxylic acid groups (broad SMARTS) is 1. The molecule has 1 aliphatic heterocycles. The van der Waals surface area contributed by atoms with Gasteiger partial charge in [0.2, 0.25) is 5.43 Å². The summed E-state index contributed by atoms with van der Waals surface area (Å²) in [6, 6.07) is 10.7. The van der Waals surface area contributed by atoms with Crippen molar-refractivity contribution in [3.8, 4) is 34.3 Å². The van der Waals surface area contributed by atoms with E-state index in [1.165, 1.54) is 42.6 Å². The summed E-state index contributed by atoms with van der Waals surface area (Å²) in [5.74, 6) is -2.54. The van der Waals surface area contributed by atoms with E-state index in [9.17, 15) is 34.8 Å². The summed E-state index contributed by atoms with van der Waals surface area (Å²) in [4.78, 5) is 40.9. The number of anilines is 1. The van der Waals surface area contributed by atoms with Crippen molar-refractivity contribution in [2.45, 2.75) is 13.5 Å². The van der Waals surface area contributed by atoms with E-state index >= 15 is 4.39 Å². The molecule has 0 amide bonds. The summed E-state index contributed by atoms with van der Waals surface area (Å²) in [6.07, 6.45) is 1.29. The number of phenols is 3. The first-order valence-electron chi connectivity index (χ1n) is 14.6. The lowest BCUT2D eigenvalue weighted by Gasteiger charge is -2.36. The highest BCUT2D eigenvalue weighted by atomic mass is 19.1. The lowest BCUT2D eigenvalue weighted by atomic mass is 10.1. The molecule has 1 saturated heterocycles. The molecule has 1 aliphatic rings. The maximum Gasteiger partial charge on any atom is 0.341 e. The van der Waals surface area contributed by atoms with Crippen molar-refractivity contribution >= 4 is 33.5 Å². The fourth-order valence-corrected chi connectivity index (χ4v) is 5.71. The van der Waals surface area contributed by atoms with Crippen LogP contribution < -0.4 is 20.5 Å². The molecule has 1 fully saturated rings. The Morgan fingerprint density at radius 3 is 2.41 bits per heavy atom. The molecule has 238 valence electrons. The molecule has 2 aromatic heterocycles. The predicted molar refractivity (Wildman–Crippen MR) is 168 cm³/mol. The number of carbonyl (C=O) groups is 1. The lowest BCUT2D eigenvalue weighted by Crippen LogP contribution is -2.47. The van der Waals surface area contributed by atoms with Crippen LogP contribution in [0.5, 0.6) is 23.0 Å². The van der Waals surface area contributed by atoms with Gasteiger partial charge in [0.1, 0.15) is 46.2 Å². The normalized spacial score (nSPS) is 13.8. The second-order valence-electron chi connectivity index (χ2n) is 11.0. The van der Waals surface area contributed by atoms with Crippen LogP contribution in [0.25, 0.3) is 33.2 Å². The van der Waals surface area contributed by atoms with Gasteiger partial charge in [0.05, 0.1) is 11.2 Å². The number of halogens is 1. The number of aromatic nitrogens is 1. The fraction of sp³-hybridized carbons (Fsp3) is 0.242. The van der Waals surface area contributed by atoms with E-state index in [0.717, 1.165) is 6.07 Å². The van der Waals surface area contributed by atoms with Crippen LogP contribution in [0.2, 0.25) is 0 Å². The summed E-state index contributed by atoms with van der Waals surface area (Å²) < 4.78 is 28.6. The Balaban J connectivity index is 1.12. The molecule has 0 radical (unpaired) electrons. The number of aromatic hydroxyl groups is 3. The Morgan fingerprint density at radius 1 is 0.957 bits per heavy atom. The van der Waals surface area contributed by atoms with Crippen LogP contribution in [0.1, 0.15) is 17.3 Å². The van der Waals surface area contributed by atoms with Gasteiger partial charge in [-0.05, 0) is 37.3 Å². The SMILES string of the molecule is CCn1cc(C(=O)O)c(=O)c2cc(F)c(N3CCN(CCOc4cc(O)c5c(=O)cc(-c6ccc(O)c(O)c6)oc5c4)CC3)cc21. The smallest absolute Gasteiger partial charge is 0.341 e. The minimum absolute atomic E-state index is 0.0191. The lowest BCUT2D eigenvalue weighted by molar-refractivity contribution is 0.0694. The number of phenolic OH excluding ortho intramolecular Hbond substituents is 3.